The molecule has 0 aromatic heterocycles. The summed E-state index contributed by atoms with van der Waals surface area (Å²) in [7, 11) is 1.51. The molecule has 6 heteroatoms. The van der Waals surface area contributed by atoms with Crippen LogP contribution in [0.4, 0.5) is 24.5 Å². The number of halogens is 3. The van der Waals surface area contributed by atoms with E-state index in [0.29, 0.717) is 24.4 Å². The van der Waals surface area contributed by atoms with Crippen LogP contribution in [0, 0.1) is 5.92 Å². The number of nitrogens with zero attached hydrogens (tertiary/aromatic N) is 1. The van der Waals surface area contributed by atoms with E-state index in [1.807, 2.05) is 11.8 Å². The molecule has 1 atom stereocenters. The Morgan fingerprint density at radius 3 is 2.67 bits per heavy atom. The molecule has 0 aliphatic carbocycles. The second-order valence-electron chi connectivity index (χ2n) is 5.40. The van der Waals surface area contributed by atoms with Gasteiger partial charge >= 0.3 is 6.18 Å². The number of benzene rings is 1. The highest BCUT2D eigenvalue weighted by Gasteiger charge is 2.42. The first-order valence-electron chi connectivity index (χ1n) is 7.14. The third kappa shape index (κ3) is 3.36. The lowest BCUT2D eigenvalue weighted by atomic mass is 9.96. The number of hydrogen-bond acceptors (Lipinski definition) is 3. The Balaban J connectivity index is 2.32. The van der Waals surface area contributed by atoms with E-state index < -0.39 is 12.1 Å². The molecule has 2 N–H and O–H groups in total. The first-order valence-corrected chi connectivity index (χ1v) is 7.14. The number of piperidine rings is 1. The molecule has 1 aromatic rings. The Bertz CT molecular complexity index is 502. The summed E-state index contributed by atoms with van der Waals surface area (Å²) in [5.41, 5.74) is 8.15. The Morgan fingerprint density at radius 2 is 2.10 bits per heavy atom. The summed E-state index contributed by atoms with van der Waals surface area (Å²) in [6.07, 6.45) is -2.67. The van der Waals surface area contributed by atoms with Crippen LogP contribution in [0.15, 0.2) is 12.1 Å². The average Bonchev–Trinajstić information content (AvgIpc) is 2.46. The van der Waals surface area contributed by atoms with Gasteiger partial charge in [0.1, 0.15) is 5.75 Å². The van der Waals surface area contributed by atoms with E-state index in [1.54, 1.807) is 12.1 Å². The van der Waals surface area contributed by atoms with E-state index in [-0.39, 0.29) is 13.0 Å². The summed E-state index contributed by atoms with van der Waals surface area (Å²) in [5, 5.41) is 0. The first-order chi connectivity index (χ1) is 9.86. The lowest BCUT2D eigenvalue weighted by Gasteiger charge is -2.36. The predicted octanol–water partition coefficient (Wildman–Crippen LogP) is 3.62. The number of nitrogen functional groups attached to an aromatic ring is 1. The molecular weight excluding hydrogens is 281 g/mol. The van der Waals surface area contributed by atoms with Gasteiger partial charge in [0.15, 0.2) is 0 Å². The second kappa shape index (κ2) is 6.03. The van der Waals surface area contributed by atoms with Crippen LogP contribution in [0.5, 0.6) is 5.75 Å². The zero-order chi connectivity index (χ0) is 15.6. The summed E-state index contributed by atoms with van der Waals surface area (Å²) in [5.74, 6) is -0.754. The maximum atomic E-state index is 13.0. The van der Waals surface area contributed by atoms with Crippen molar-refractivity contribution in [2.24, 2.45) is 5.92 Å². The maximum absolute atomic E-state index is 13.0. The summed E-state index contributed by atoms with van der Waals surface area (Å²) in [4.78, 5) is 1.81. The molecule has 1 fully saturated rings. The smallest absolute Gasteiger partial charge is 0.393 e. The quantitative estimate of drug-likeness (QED) is 0.867. The number of hydrogen-bond donors (Lipinski definition) is 1. The zero-order valence-electron chi connectivity index (χ0n) is 12.3. The van der Waals surface area contributed by atoms with Gasteiger partial charge in [0.2, 0.25) is 0 Å². The van der Waals surface area contributed by atoms with Gasteiger partial charge in [0.25, 0.3) is 0 Å². The van der Waals surface area contributed by atoms with Crippen molar-refractivity contribution in [2.75, 3.05) is 30.8 Å². The van der Waals surface area contributed by atoms with Crippen molar-refractivity contribution in [3.05, 3.63) is 17.7 Å². The summed E-state index contributed by atoms with van der Waals surface area (Å²) in [6.45, 7) is 2.60. The normalized spacial score (nSPS) is 19.7. The summed E-state index contributed by atoms with van der Waals surface area (Å²) >= 11 is 0. The van der Waals surface area contributed by atoms with Crippen LogP contribution >= 0.6 is 0 Å². The van der Waals surface area contributed by atoms with Crippen molar-refractivity contribution in [2.45, 2.75) is 32.4 Å². The first kappa shape index (κ1) is 15.8. The summed E-state index contributed by atoms with van der Waals surface area (Å²) < 4.78 is 44.0. The fourth-order valence-corrected chi connectivity index (χ4v) is 2.85. The van der Waals surface area contributed by atoms with Crippen LogP contribution in [-0.2, 0) is 6.42 Å². The number of methoxy groups -OCH3 is 1. The Labute approximate surface area is 122 Å². The molecule has 118 valence electrons. The molecule has 2 rings (SSSR count). The van der Waals surface area contributed by atoms with Crippen LogP contribution < -0.4 is 15.4 Å². The van der Waals surface area contributed by atoms with Gasteiger partial charge in [0, 0.05) is 24.8 Å². The maximum Gasteiger partial charge on any atom is 0.393 e. The molecule has 1 aliphatic rings. The number of anilines is 2. The molecular formula is C15H21F3N2O. The predicted molar refractivity (Wildman–Crippen MR) is 77.8 cm³/mol. The lowest BCUT2D eigenvalue weighted by Crippen LogP contribution is -2.42. The van der Waals surface area contributed by atoms with E-state index in [0.717, 1.165) is 17.7 Å². The van der Waals surface area contributed by atoms with Crippen molar-refractivity contribution < 1.29 is 17.9 Å². The molecule has 0 radical (unpaired) electrons. The topological polar surface area (TPSA) is 38.5 Å². The van der Waals surface area contributed by atoms with Crippen molar-refractivity contribution in [3.63, 3.8) is 0 Å². The van der Waals surface area contributed by atoms with Crippen LogP contribution in [-0.4, -0.2) is 26.4 Å². The molecule has 3 nitrogen and oxygen atoms in total. The van der Waals surface area contributed by atoms with E-state index in [2.05, 4.69) is 0 Å². The van der Waals surface area contributed by atoms with Crippen LogP contribution in [0.1, 0.15) is 25.3 Å². The third-order valence-corrected chi connectivity index (χ3v) is 4.04. The fraction of sp³-hybridized carbons (Fsp3) is 0.600. The Kier molecular flexibility index (Phi) is 4.54. The molecule has 1 aromatic carbocycles. The standard InChI is InChI=1S/C15H21F3N2O/c1-3-10-7-12(19)14(21-2)8-13(10)20-6-4-5-11(9-20)15(16,17)18/h7-8,11H,3-6,9,19H2,1-2H3. The molecule has 0 amide bonds. The number of rotatable bonds is 3. The largest absolute Gasteiger partial charge is 0.495 e. The van der Waals surface area contributed by atoms with E-state index in [1.165, 1.54) is 7.11 Å². The fourth-order valence-electron chi connectivity index (χ4n) is 2.85. The minimum Gasteiger partial charge on any atom is -0.495 e. The average molecular weight is 302 g/mol. The third-order valence-electron chi connectivity index (χ3n) is 4.04. The van der Waals surface area contributed by atoms with Crippen LogP contribution in [0.2, 0.25) is 0 Å². The number of nitrogens with two attached hydrogens (primary N) is 1. The highest BCUT2D eigenvalue weighted by molar-refractivity contribution is 5.67. The summed E-state index contributed by atoms with van der Waals surface area (Å²) in [6, 6.07) is 3.55. The molecule has 1 unspecified atom stereocenters. The number of alkyl halides is 3. The van der Waals surface area contributed by atoms with Gasteiger partial charge in [-0.25, -0.2) is 0 Å². The van der Waals surface area contributed by atoms with Gasteiger partial charge < -0.3 is 15.4 Å². The van der Waals surface area contributed by atoms with Gasteiger partial charge in [-0.1, -0.05) is 6.92 Å². The van der Waals surface area contributed by atoms with Crippen molar-refractivity contribution in [3.8, 4) is 5.75 Å². The molecule has 1 saturated heterocycles. The van der Waals surface area contributed by atoms with Gasteiger partial charge in [-0.3, -0.25) is 0 Å². The van der Waals surface area contributed by atoms with E-state index in [4.69, 9.17) is 10.5 Å². The SMILES string of the molecule is CCc1cc(N)c(OC)cc1N1CCCC(C(F)(F)F)C1. The Hall–Kier alpha value is -1.59. The van der Waals surface area contributed by atoms with Crippen molar-refractivity contribution >= 4 is 11.4 Å². The molecule has 21 heavy (non-hydrogen) atoms. The zero-order valence-corrected chi connectivity index (χ0v) is 12.3. The van der Waals surface area contributed by atoms with Gasteiger partial charge in [0.05, 0.1) is 18.7 Å². The van der Waals surface area contributed by atoms with Crippen LogP contribution in [0.3, 0.4) is 0 Å². The monoisotopic (exact) mass is 302 g/mol. The van der Waals surface area contributed by atoms with Gasteiger partial charge in [-0.05, 0) is 30.9 Å². The minimum atomic E-state index is -4.14. The van der Waals surface area contributed by atoms with Gasteiger partial charge in [-0.15, -0.1) is 0 Å². The minimum absolute atomic E-state index is 0.00354. The highest BCUT2D eigenvalue weighted by Crippen LogP contribution is 2.38. The molecule has 1 aliphatic heterocycles. The second-order valence-corrected chi connectivity index (χ2v) is 5.40. The number of aryl methyl sites for hydroxylation is 1. The van der Waals surface area contributed by atoms with E-state index >= 15 is 0 Å². The lowest BCUT2D eigenvalue weighted by molar-refractivity contribution is -0.176. The van der Waals surface area contributed by atoms with Crippen molar-refractivity contribution in [1.82, 2.24) is 0 Å². The van der Waals surface area contributed by atoms with Gasteiger partial charge in [-0.2, -0.15) is 13.2 Å². The van der Waals surface area contributed by atoms with Crippen LogP contribution in [0.25, 0.3) is 0 Å². The Morgan fingerprint density at radius 1 is 1.38 bits per heavy atom. The molecule has 1 heterocycles. The van der Waals surface area contributed by atoms with E-state index in [9.17, 15) is 13.2 Å². The molecule has 0 saturated carbocycles. The molecule has 0 bridgehead atoms. The highest BCUT2D eigenvalue weighted by atomic mass is 19.4. The van der Waals surface area contributed by atoms with Crippen molar-refractivity contribution in [1.29, 1.82) is 0 Å². The number of ether oxygens (including phenoxy) is 1. The molecule has 0 spiro atoms.